The van der Waals surface area contributed by atoms with Gasteiger partial charge in [0, 0.05) is 40.9 Å². The number of carbonyl (C=O) groups excluding carboxylic acids is 1. The molecule has 0 spiro atoms. The van der Waals surface area contributed by atoms with E-state index in [1.807, 2.05) is 12.1 Å². The highest BCUT2D eigenvalue weighted by Crippen LogP contribution is 2.44. The Kier molecular flexibility index (Phi) is 5.58. The lowest BCUT2D eigenvalue weighted by atomic mass is 9.98. The summed E-state index contributed by atoms with van der Waals surface area (Å²) in [6.45, 7) is 2.20. The van der Waals surface area contributed by atoms with Crippen LogP contribution in [0.1, 0.15) is 47.4 Å². The lowest BCUT2D eigenvalue weighted by molar-refractivity contribution is -0.141. The van der Waals surface area contributed by atoms with Crippen LogP contribution in [0.4, 0.5) is 4.39 Å². The number of aryl methyl sites for hydroxylation is 1. The van der Waals surface area contributed by atoms with Gasteiger partial charge < -0.3 is 18.9 Å². The van der Waals surface area contributed by atoms with E-state index in [9.17, 15) is 9.18 Å². The molecule has 2 aliphatic rings. The maximum atomic E-state index is 14.8. The monoisotopic (exact) mass is 450 g/mol. The molecule has 2 aromatic carbocycles. The first-order valence-electron chi connectivity index (χ1n) is 10.8. The van der Waals surface area contributed by atoms with E-state index < -0.39 is 6.10 Å². The van der Waals surface area contributed by atoms with Crippen molar-refractivity contribution in [3.8, 4) is 23.1 Å². The topological polar surface area (TPSA) is 79.8 Å². The molecule has 1 aliphatic heterocycles. The van der Waals surface area contributed by atoms with Gasteiger partial charge in [0.2, 0.25) is 5.88 Å². The van der Waals surface area contributed by atoms with Gasteiger partial charge in [0.1, 0.15) is 35.0 Å². The van der Waals surface area contributed by atoms with Crippen LogP contribution in [0.25, 0.3) is 0 Å². The molecule has 0 radical (unpaired) electrons. The Balaban J connectivity index is 1.36. The molecule has 5 rings (SSSR count). The number of benzene rings is 2. The van der Waals surface area contributed by atoms with Crippen molar-refractivity contribution in [1.82, 2.24) is 9.97 Å². The number of carbonyl (C=O) groups is 1. The largest absolute Gasteiger partial charge is 0.492 e. The second-order valence-corrected chi connectivity index (χ2v) is 8.11. The number of fused-ring (bicyclic) bond motifs is 2. The summed E-state index contributed by atoms with van der Waals surface area (Å²) in [6.07, 6.45) is 2.69. The highest BCUT2D eigenvalue weighted by Gasteiger charge is 2.32. The fraction of sp³-hybridized carbons (Fsp3) is 0.320. The summed E-state index contributed by atoms with van der Waals surface area (Å²) >= 11 is 0. The van der Waals surface area contributed by atoms with Gasteiger partial charge in [0.15, 0.2) is 0 Å². The van der Waals surface area contributed by atoms with Crippen LogP contribution < -0.4 is 14.2 Å². The number of ether oxygens (including phenoxy) is 4. The Labute approximate surface area is 190 Å². The average molecular weight is 450 g/mol. The van der Waals surface area contributed by atoms with Gasteiger partial charge in [-0.15, -0.1) is 0 Å². The number of nitrogens with zero attached hydrogens (tertiary/aromatic N) is 2. The van der Waals surface area contributed by atoms with Crippen molar-refractivity contribution in [3.05, 3.63) is 70.9 Å². The van der Waals surface area contributed by atoms with Crippen LogP contribution in [0.5, 0.6) is 23.1 Å². The van der Waals surface area contributed by atoms with Crippen LogP contribution in [-0.4, -0.2) is 29.7 Å². The highest BCUT2D eigenvalue weighted by molar-refractivity contribution is 5.71. The summed E-state index contributed by atoms with van der Waals surface area (Å²) in [5.74, 6) is 2.20. The molecule has 170 valence electrons. The van der Waals surface area contributed by atoms with E-state index in [1.54, 1.807) is 31.3 Å². The summed E-state index contributed by atoms with van der Waals surface area (Å²) in [5, 5.41) is 0. The van der Waals surface area contributed by atoms with Gasteiger partial charge in [0.05, 0.1) is 20.1 Å². The molecular formula is C25H23FN2O5. The highest BCUT2D eigenvalue weighted by atomic mass is 19.1. The first-order chi connectivity index (χ1) is 16.0. The molecule has 0 saturated carbocycles. The average Bonchev–Trinajstić information content (AvgIpc) is 3.40. The molecule has 7 nitrogen and oxygen atoms in total. The zero-order valence-corrected chi connectivity index (χ0v) is 18.3. The lowest BCUT2D eigenvalue weighted by Gasteiger charge is -2.17. The predicted molar refractivity (Wildman–Crippen MR) is 116 cm³/mol. The minimum absolute atomic E-state index is 0.0451. The van der Waals surface area contributed by atoms with Crippen LogP contribution in [-0.2, 0) is 16.0 Å². The number of aromatic nitrogens is 2. The molecule has 0 bridgehead atoms. The number of hydrogen-bond acceptors (Lipinski definition) is 7. The molecule has 0 saturated heterocycles. The van der Waals surface area contributed by atoms with Crippen molar-refractivity contribution in [2.45, 2.75) is 38.2 Å². The summed E-state index contributed by atoms with van der Waals surface area (Å²) in [6, 6.07) is 10.2. The Morgan fingerprint density at radius 2 is 2.12 bits per heavy atom. The summed E-state index contributed by atoms with van der Waals surface area (Å²) in [5.41, 5.74) is 2.23. The fourth-order valence-electron chi connectivity index (χ4n) is 4.41. The van der Waals surface area contributed by atoms with Gasteiger partial charge in [-0.05, 0) is 38.0 Å². The smallest absolute Gasteiger partial charge is 0.306 e. The standard InChI is InChI=1S/C25H23FN2O5/c1-14-27-10-9-23(28-14)33-20-8-6-19(26)25-18(20)5-7-21(25)32-16-3-4-17-15(11-24(29)30-2)13-31-22(17)12-16/h3-4,6,8-10,12,15,21H,5,7,11,13H2,1-2H3. The van der Waals surface area contributed by atoms with E-state index in [2.05, 4.69) is 9.97 Å². The minimum Gasteiger partial charge on any atom is -0.492 e. The molecule has 2 atom stereocenters. The summed E-state index contributed by atoms with van der Waals surface area (Å²) < 4.78 is 37.5. The SMILES string of the molecule is COC(=O)CC1COc2cc(OC3CCc4c(Oc5ccnc(C)n5)ccc(F)c43)ccc21. The van der Waals surface area contributed by atoms with Gasteiger partial charge in [0.25, 0.3) is 0 Å². The van der Waals surface area contributed by atoms with Gasteiger partial charge in [-0.1, -0.05) is 6.07 Å². The van der Waals surface area contributed by atoms with Crippen LogP contribution in [0, 0.1) is 12.7 Å². The van der Waals surface area contributed by atoms with Crippen molar-refractivity contribution >= 4 is 5.97 Å². The van der Waals surface area contributed by atoms with E-state index in [0.29, 0.717) is 54.0 Å². The number of halogens is 1. The molecule has 1 aliphatic carbocycles. The Morgan fingerprint density at radius 1 is 1.24 bits per heavy atom. The second-order valence-electron chi connectivity index (χ2n) is 8.11. The van der Waals surface area contributed by atoms with Gasteiger partial charge in [-0.3, -0.25) is 4.79 Å². The first kappa shape index (κ1) is 21.2. The molecule has 2 unspecified atom stereocenters. The lowest BCUT2D eigenvalue weighted by Crippen LogP contribution is -2.09. The van der Waals surface area contributed by atoms with Crippen molar-refractivity contribution < 1.29 is 28.1 Å². The first-order valence-corrected chi connectivity index (χ1v) is 10.8. The Bertz CT molecular complexity index is 1220. The zero-order chi connectivity index (χ0) is 22.9. The molecular weight excluding hydrogens is 427 g/mol. The maximum absolute atomic E-state index is 14.8. The third-order valence-electron chi connectivity index (χ3n) is 5.99. The van der Waals surface area contributed by atoms with E-state index in [0.717, 1.165) is 11.1 Å². The number of esters is 1. The predicted octanol–water partition coefficient (Wildman–Crippen LogP) is 4.82. The number of hydrogen-bond donors (Lipinski definition) is 0. The van der Waals surface area contributed by atoms with Crippen molar-refractivity contribution in [2.75, 3.05) is 13.7 Å². The minimum atomic E-state index is -0.444. The molecule has 0 amide bonds. The Morgan fingerprint density at radius 3 is 2.94 bits per heavy atom. The van der Waals surface area contributed by atoms with E-state index >= 15 is 0 Å². The molecule has 0 fully saturated rings. The van der Waals surface area contributed by atoms with Crippen molar-refractivity contribution in [1.29, 1.82) is 0 Å². The molecule has 3 aromatic rings. The van der Waals surface area contributed by atoms with Crippen molar-refractivity contribution in [3.63, 3.8) is 0 Å². The third kappa shape index (κ3) is 4.20. The van der Waals surface area contributed by atoms with E-state index in [-0.39, 0.29) is 24.1 Å². The van der Waals surface area contributed by atoms with Crippen molar-refractivity contribution in [2.24, 2.45) is 0 Å². The molecule has 33 heavy (non-hydrogen) atoms. The molecule has 0 N–H and O–H groups in total. The van der Waals surface area contributed by atoms with E-state index in [4.69, 9.17) is 18.9 Å². The maximum Gasteiger partial charge on any atom is 0.306 e. The molecule has 8 heteroatoms. The summed E-state index contributed by atoms with van der Waals surface area (Å²) in [4.78, 5) is 20.0. The fourth-order valence-corrected chi connectivity index (χ4v) is 4.41. The molecule has 1 aromatic heterocycles. The van der Waals surface area contributed by atoms with E-state index in [1.165, 1.54) is 13.2 Å². The zero-order valence-electron chi connectivity index (χ0n) is 18.3. The van der Waals surface area contributed by atoms with Gasteiger partial charge in [-0.2, -0.15) is 4.98 Å². The van der Waals surface area contributed by atoms with Crippen LogP contribution in [0.15, 0.2) is 42.6 Å². The Hall–Kier alpha value is -3.68. The normalized spacial score (nSPS) is 18.3. The van der Waals surface area contributed by atoms with Crippen LogP contribution in [0.2, 0.25) is 0 Å². The number of rotatable bonds is 6. The quantitative estimate of drug-likeness (QED) is 0.498. The molecule has 2 heterocycles. The number of methoxy groups -OCH3 is 1. The van der Waals surface area contributed by atoms with Gasteiger partial charge >= 0.3 is 5.97 Å². The van der Waals surface area contributed by atoms with Crippen LogP contribution in [0.3, 0.4) is 0 Å². The van der Waals surface area contributed by atoms with Gasteiger partial charge in [-0.25, -0.2) is 9.37 Å². The third-order valence-corrected chi connectivity index (χ3v) is 5.99. The van der Waals surface area contributed by atoms with Crippen LogP contribution >= 0.6 is 0 Å². The second kappa shape index (κ2) is 8.69. The summed E-state index contributed by atoms with van der Waals surface area (Å²) in [7, 11) is 1.37.